The molecule has 2 atom stereocenters. The number of hydrogen-bond donors (Lipinski definition) is 2. The molecule has 8 heteroatoms. The number of carbonyl (C=O) groups excluding carboxylic acids is 1. The van der Waals surface area contributed by atoms with Gasteiger partial charge in [-0.05, 0) is 24.9 Å². The minimum absolute atomic E-state index is 0.0861. The van der Waals surface area contributed by atoms with Gasteiger partial charge in [0.15, 0.2) is 5.41 Å². The maximum atomic E-state index is 13.8. The smallest absolute Gasteiger partial charge is 0.404 e. The van der Waals surface area contributed by atoms with E-state index in [4.69, 9.17) is 5.11 Å². The Hall–Kier alpha value is -2.09. The molecule has 2 unspecified atom stereocenters. The first-order valence-corrected chi connectivity index (χ1v) is 8.56. The summed E-state index contributed by atoms with van der Waals surface area (Å²) in [6, 6.07) is 7.75. The van der Waals surface area contributed by atoms with Crippen LogP contribution in [0.25, 0.3) is 0 Å². The number of nitrogens with one attached hydrogen (secondary N) is 1. The van der Waals surface area contributed by atoms with Crippen LogP contribution in [0.15, 0.2) is 30.3 Å². The number of likely N-dealkylation sites (tertiary alicyclic amines) is 1. The van der Waals surface area contributed by atoms with E-state index in [1.807, 2.05) is 18.2 Å². The number of carbonyl (C=O) groups is 2. The molecule has 1 amide bonds. The lowest BCUT2D eigenvalue weighted by atomic mass is 9.84. The van der Waals surface area contributed by atoms with E-state index < -0.39 is 36.1 Å². The van der Waals surface area contributed by atoms with Gasteiger partial charge in [0.25, 0.3) is 0 Å². The first kappa shape index (κ1) is 20.2. The summed E-state index contributed by atoms with van der Waals surface area (Å²) in [6.45, 7) is 1.66. The first-order valence-electron chi connectivity index (χ1n) is 8.56. The average molecular weight is 372 g/mol. The number of rotatable bonds is 7. The van der Waals surface area contributed by atoms with Crippen molar-refractivity contribution in [3.63, 3.8) is 0 Å². The molecule has 2 N–H and O–H groups in total. The molecule has 26 heavy (non-hydrogen) atoms. The average Bonchev–Trinajstić information content (AvgIpc) is 3.00. The van der Waals surface area contributed by atoms with Crippen LogP contribution in [0.5, 0.6) is 0 Å². The summed E-state index contributed by atoms with van der Waals surface area (Å²) < 4.78 is 41.3. The highest BCUT2D eigenvalue weighted by atomic mass is 19.4. The van der Waals surface area contributed by atoms with E-state index in [-0.39, 0.29) is 19.4 Å². The van der Waals surface area contributed by atoms with Crippen LogP contribution in [-0.2, 0) is 16.1 Å². The number of carboxylic acid groups (broad SMARTS) is 1. The predicted octanol–water partition coefficient (Wildman–Crippen LogP) is 2.81. The maximum absolute atomic E-state index is 13.8. The minimum Gasteiger partial charge on any atom is -0.480 e. The number of carboxylic acids is 1. The first-order chi connectivity index (χ1) is 12.2. The van der Waals surface area contributed by atoms with Crippen molar-refractivity contribution in [1.82, 2.24) is 10.2 Å². The third kappa shape index (κ3) is 4.35. The number of halogens is 3. The van der Waals surface area contributed by atoms with Crippen LogP contribution in [0.4, 0.5) is 13.2 Å². The second-order valence-corrected chi connectivity index (χ2v) is 6.68. The van der Waals surface area contributed by atoms with Crippen molar-refractivity contribution in [3.8, 4) is 0 Å². The zero-order valence-corrected chi connectivity index (χ0v) is 14.6. The molecule has 1 fully saturated rings. The van der Waals surface area contributed by atoms with Crippen molar-refractivity contribution in [3.05, 3.63) is 35.9 Å². The van der Waals surface area contributed by atoms with Crippen LogP contribution in [0.2, 0.25) is 0 Å². The molecule has 144 valence electrons. The van der Waals surface area contributed by atoms with E-state index in [1.54, 1.807) is 24.0 Å². The second kappa shape index (κ2) is 8.07. The molecule has 0 spiro atoms. The monoisotopic (exact) mass is 372 g/mol. The van der Waals surface area contributed by atoms with E-state index in [0.717, 1.165) is 5.56 Å². The van der Waals surface area contributed by atoms with Gasteiger partial charge < -0.3 is 10.4 Å². The summed E-state index contributed by atoms with van der Waals surface area (Å²) in [6.07, 6.45) is -4.61. The van der Waals surface area contributed by atoms with Gasteiger partial charge in [-0.3, -0.25) is 9.69 Å². The van der Waals surface area contributed by atoms with E-state index in [1.165, 1.54) is 0 Å². The standard InChI is InChI=1S/C18H23F3N2O3/c1-2-6-14(15(24)25)22-16(26)17(18(19,20)21)9-10-23(12-17)11-13-7-4-3-5-8-13/h3-5,7-8,14H,2,6,9-12H2,1H3,(H,22,26)(H,24,25). The molecule has 1 aromatic carbocycles. The summed E-state index contributed by atoms with van der Waals surface area (Å²) in [7, 11) is 0. The predicted molar refractivity (Wildman–Crippen MR) is 89.3 cm³/mol. The number of alkyl halides is 3. The molecule has 2 rings (SSSR count). The fourth-order valence-corrected chi connectivity index (χ4v) is 3.25. The van der Waals surface area contributed by atoms with E-state index in [9.17, 15) is 22.8 Å². The summed E-state index contributed by atoms with van der Waals surface area (Å²) >= 11 is 0. The van der Waals surface area contributed by atoms with Crippen molar-refractivity contribution < 1.29 is 27.9 Å². The van der Waals surface area contributed by atoms with Crippen LogP contribution in [-0.4, -0.2) is 47.2 Å². The van der Waals surface area contributed by atoms with Crippen molar-refractivity contribution in [2.24, 2.45) is 5.41 Å². The van der Waals surface area contributed by atoms with Gasteiger partial charge in [0.1, 0.15) is 6.04 Å². The number of benzene rings is 1. The van der Waals surface area contributed by atoms with Gasteiger partial charge in [-0.1, -0.05) is 43.7 Å². The van der Waals surface area contributed by atoms with Gasteiger partial charge in [0.05, 0.1) is 0 Å². The van der Waals surface area contributed by atoms with Crippen molar-refractivity contribution in [1.29, 1.82) is 0 Å². The fraction of sp³-hybridized carbons (Fsp3) is 0.556. The van der Waals surface area contributed by atoms with Crippen LogP contribution in [0.3, 0.4) is 0 Å². The normalized spacial score (nSPS) is 22.2. The Morgan fingerprint density at radius 1 is 1.31 bits per heavy atom. The Bertz CT molecular complexity index is 636. The Labute approximate surface area is 150 Å². The molecule has 0 radical (unpaired) electrons. The lowest BCUT2D eigenvalue weighted by Gasteiger charge is -2.31. The largest absolute Gasteiger partial charge is 0.480 e. The van der Waals surface area contributed by atoms with Crippen LogP contribution in [0.1, 0.15) is 31.7 Å². The van der Waals surface area contributed by atoms with Gasteiger partial charge >= 0.3 is 12.1 Å². The van der Waals surface area contributed by atoms with E-state index in [2.05, 4.69) is 5.32 Å². The van der Waals surface area contributed by atoms with E-state index >= 15 is 0 Å². The molecular formula is C18H23F3N2O3. The molecule has 1 aliphatic heterocycles. The van der Waals surface area contributed by atoms with Gasteiger partial charge in [-0.2, -0.15) is 13.2 Å². The summed E-state index contributed by atoms with van der Waals surface area (Å²) in [5.74, 6) is -2.57. The van der Waals surface area contributed by atoms with Crippen LogP contribution >= 0.6 is 0 Å². The SMILES string of the molecule is CCCC(NC(=O)C1(C(F)(F)F)CCN(Cc2ccccc2)C1)C(=O)O. The van der Waals surface area contributed by atoms with Gasteiger partial charge in [0.2, 0.25) is 5.91 Å². The van der Waals surface area contributed by atoms with Crippen LogP contribution < -0.4 is 5.32 Å². The Balaban J connectivity index is 2.16. The van der Waals surface area contributed by atoms with Crippen molar-refractivity contribution in [2.45, 2.75) is 44.9 Å². The lowest BCUT2D eigenvalue weighted by Crippen LogP contribution is -2.55. The number of amides is 1. The summed E-state index contributed by atoms with van der Waals surface area (Å²) in [5.41, 5.74) is -1.72. The molecule has 0 bridgehead atoms. The highest BCUT2D eigenvalue weighted by Gasteiger charge is 2.63. The fourth-order valence-electron chi connectivity index (χ4n) is 3.25. The minimum atomic E-state index is -4.75. The molecule has 1 aliphatic rings. The molecule has 1 heterocycles. The second-order valence-electron chi connectivity index (χ2n) is 6.68. The molecular weight excluding hydrogens is 349 g/mol. The molecule has 1 aromatic rings. The maximum Gasteiger partial charge on any atom is 0.404 e. The molecule has 0 aliphatic carbocycles. The highest BCUT2D eigenvalue weighted by molar-refractivity contribution is 5.88. The Kier molecular flexibility index (Phi) is 6.28. The third-order valence-corrected chi connectivity index (χ3v) is 4.76. The zero-order valence-electron chi connectivity index (χ0n) is 14.6. The van der Waals surface area contributed by atoms with Gasteiger partial charge in [-0.15, -0.1) is 0 Å². The van der Waals surface area contributed by atoms with Crippen molar-refractivity contribution in [2.75, 3.05) is 13.1 Å². The quantitative estimate of drug-likeness (QED) is 0.772. The number of hydrogen-bond acceptors (Lipinski definition) is 3. The molecule has 1 saturated heterocycles. The summed E-state index contributed by atoms with van der Waals surface area (Å²) in [4.78, 5) is 25.3. The van der Waals surface area contributed by atoms with Gasteiger partial charge in [-0.25, -0.2) is 4.79 Å². The molecule has 5 nitrogen and oxygen atoms in total. The Morgan fingerprint density at radius 3 is 2.50 bits per heavy atom. The van der Waals surface area contributed by atoms with Crippen molar-refractivity contribution >= 4 is 11.9 Å². The number of nitrogens with zero attached hydrogens (tertiary/aromatic N) is 1. The molecule has 0 saturated carbocycles. The van der Waals surface area contributed by atoms with Gasteiger partial charge in [0, 0.05) is 13.1 Å². The third-order valence-electron chi connectivity index (χ3n) is 4.76. The Morgan fingerprint density at radius 2 is 1.96 bits per heavy atom. The summed E-state index contributed by atoms with van der Waals surface area (Å²) in [5, 5.41) is 11.2. The lowest BCUT2D eigenvalue weighted by molar-refractivity contribution is -0.218. The van der Waals surface area contributed by atoms with E-state index in [0.29, 0.717) is 13.0 Å². The topological polar surface area (TPSA) is 69.6 Å². The number of aliphatic carboxylic acids is 1. The zero-order chi connectivity index (χ0) is 19.4. The van der Waals surface area contributed by atoms with Crippen LogP contribution in [0, 0.1) is 5.41 Å². The molecule has 0 aromatic heterocycles. The highest BCUT2D eigenvalue weighted by Crippen LogP contribution is 2.46.